The Kier molecular flexibility index (Phi) is 8.85. The number of rotatable bonds is 9. The van der Waals surface area contributed by atoms with Crippen molar-refractivity contribution in [3.05, 3.63) is 65.2 Å². The lowest BCUT2D eigenvalue weighted by Crippen LogP contribution is -2.36. The maximum Gasteiger partial charge on any atom is 0.257 e. The van der Waals surface area contributed by atoms with Crippen LogP contribution in [-0.2, 0) is 24.3 Å². The summed E-state index contributed by atoms with van der Waals surface area (Å²) in [5.41, 5.74) is 3.65. The zero-order chi connectivity index (χ0) is 20.2. The number of likely N-dealkylation sites (N-methyl/N-ethyl adjacent to an activating group) is 1. The molecule has 0 radical (unpaired) electrons. The van der Waals surface area contributed by atoms with Crippen molar-refractivity contribution >= 4 is 11.9 Å². The molecule has 28 heavy (non-hydrogen) atoms. The minimum Gasteiger partial charge on any atom is -0.484 e. The van der Waals surface area contributed by atoms with Gasteiger partial charge >= 0.3 is 0 Å². The summed E-state index contributed by atoms with van der Waals surface area (Å²) < 4.78 is 5.54. The summed E-state index contributed by atoms with van der Waals surface area (Å²) in [6.07, 6.45) is 1.01. The average molecular weight is 383 g/mol. The van der Waals surface area contributed by atoms with Crippen LogP contribution < -0.4 is 20.7 Å². The lowest BCUT2D eigenvalue weighted by atomic mass is 10.1. The van der Waals surface area contributed by atoms with Crippen LogP contribution in [0.3, 0.4) is 0 Å². The third-order valence-corrected chi connectivity index (χ3v) is 4.27. The van der Waals surface area contributed by atoms with E-state index in [1.54, 1.807) is 7.05 Å². The van der Waals surface area contributed by atoms with Crippen molar-refractivity contribution in [3.8, 4) is 5.75 Å². The zero-order valence-electron chi connectivity index (χ0n) is 16.9. The molecule has 0 spiro atoms. The van der Waals surface area contributed by atoms with Gasteiger partial charge in [0.1, 0.15) is 5.75 Å². The first-order chi connectivity index (χ1) is 13.7. The minimum absolute atomic E-state index is 0.0186. The summed E-state index contributed by atoms with van der Waals surface area (Å²) in [6, 6.07) is 16.1. The third-order valence-electron chi connectivity index (χ3n) is 4.27. The quantitative estimate of drug-likeness (QED) is 0.460. The number of nitrogens with zero attached hydrogens (tertiary/aromatic N) is 1. The second-order valence-electron chi connectivity index (χ2n) is 6.29. The van der Waals surface area contributed by atoms with Gasteiger partial charge in [-0.3, -0.25) is 9.79 Å². The lowest BCUT2D eigenvalue weighted by Gasteiger charge is -2.14. The van der Waals surface area contributed by atoms with Crippen LogP contribution in [0.2, 0.25) is 0 Å². The highest BCUT2D eigenvalue weighted by atomic mass is 16.5. The molecule has 0 heterocycles. The van der Waals surface area contributed by atoms with Gasteiger partial charge < -0.3 is 20.7 Å². The number of hydrogen-bond acceptors (Lipinski definition) is 3. The van der Waals surface area contributed by atoms with Crippen molar-refractivity contribution in [1.29, 1.82) is 0 Å². The van der Waals surface area contributed by atoms with Crippen LogP contribution in [0, 0.1) is 0 Å². The van der Waals surface area contributed by atoms with Crippen LogP contribution >= 0.6 is 0 Å². The van der Waals surface area contributed by atoms with Crippen molar-refractivity contribution in [1.82, 2.24) is 16.0 Å². The van der Waals surface area contributed by atoms with Gasteiger partial charge in [-0.05, 0) is 42.2 Å². The van der Waals surface area contributed by atoms with Crippen molar-refractivity contribution in [2.75, 3.05) is 20.2 Å². The van der Waals surface area contributed by atoms with E-state index >= 15 is 0 Å². The summed E-state index contributed by atoms with van der Waals surface area (Å²) in [6.45, 7) is 5.98. The monoisotopic (exact) mass is 382 g/mol. The smallest absolute Gasteiger partial charge is 0.257 e. The van der Waals surface area contributed by atoms with Crippen LogP contribution in [0.15, 0.2) is 53.5 Å². The van der Waals surface area contributed by atoms with Crippen molar-refractivity contribution < 1.29 is 9.53 Å². The van der Waals surface area contributed by atoms with Crippen molar-refractivity contribution in [2.24, 2.45) is 4.99 Å². The number of carbonyl (C=O) groups is 1. The van der Waals surface area contributed by atoms with Gasteiger partial charge in [-0.1, -0.05) is 43.3 Å². The van der Waals surface area contributed by atoms with Gasteiger partial charge in [0.05, 0.1) is 0 Å². The Hall–Kier alpha value is -3.02. The Balaban J connectivity index is 1.86. The molecule has 6 nitrogen and oxygen atoms in total. The first-order valence-electron chi connectivity index (χ1n) is 9.66. The molecule has 0 atom stereocenters. The van der Waals surface area contributed by atoms with Crippen molar-refractivity contribution in [3.63, 3.8) is 0 Å². The van der Waals surface area contributed by atoms with E-state index in [9.17, 15) is 4.79 Å². The Bertz CT molecular complexity index is 790. The van der Waals surface area contributed by atoms with Gasteiger partial charge in [0.2, 0.25) is 0 Å². The molecule has 0 aromatic heterocycles. The Labute approximate surface area is 167 Å². The third kappa shape index (κ3) is 6.95. The van der Waals surface area contributed by atoms with Gasteiger partial charge in [0.25, 0.3) is 5.91 Å². The van der Waals surface area contributed by atoms with E-state index < -0.39 is 0 Å². The van der Waals surface area contributed by atoms with Crippen LogP contribution in [0.1, 0.15) is 30.5 Å². The van der Waals surface area contributed by atoms with E-state index in [1.807, 2.05) is 31.2 Å². The molecule has 0 saturated heterocycles. The van der Waals surface area contributed by atoms with Crippen LogP contribution in [0.5, 0.6) is 5.75 Å². The number of carbonyl (C=O) groups excluding carboxylic acids is 1. The second kappa shape index (κ2) is 11.6. The van der Waals surface area contributed by atoms with Crippen LogP contribution in [0.25, 0.3) is 0 Å². The normalized spacial score (nSPS) is 11.0. The van der Waals surface area contributed by atoms with E-state index in [4.69, 9.17) is 4.74 Å². The lowest BCUT2D eigenvalue weighted by molar-refractivity contribution is -0.122. The highest BCUT2D eigenvalue weighted by molar-refractivity contribution is 5.79. The number of benzene rings is 2. The van der Waals surface area contributed by atoms with Crippen molar-refractivity contribution in [2.45, 2.75) is 33.4 Å². The predicted octanol–water partition coefficient (Wildman–Crippen LogP) is 2.63. The number of aliphatic imine (C=N–C) groups is 1. The topological polar surface area (TPSA) is 74.8 Å². The fourth-order valence-corrected chi connectivity index (χ4v) is 2.80. The molecule has 0 bridgehead atoms. The van der Waals surface area contributed by atoms with E-state index in [2.05, 4.69) is 52.1 Å². The molecule has 6 heteroatoms. The first kappa shape index (κ1) is 21.3. The average Bonchev–Trinajstić information content (AvgIpc) is 2.73. The molecular weight excluding hydrogens is 352 g/mol. The molecule has 150 valence electrons. The molecule has 1 amide bonds. The maximum absolute atomic E-state index is 11.5. The standard InChI is InChI=1S/C22H30N4O2/c1-4-18-10-6-7-11-19(18)15-26-22(23-3)25-14-17-9-8-12-20(13-17)28-16-21(27)24-5-2/h6-13H,4-5,14-16H2,1-3H3,(H,24,27)(H2,23,25,26). The molecule has 0 fully saturated rings. The number of nitrogens with one attached hydrogen (secondary N) is 3. The van der Waals surface area contributed by atoms with Gasteiger partial charge in [0, 0.05) is 26.7 Å². The number of guanidine groups is 1. The molecule has 3 N–H and O–H groups in total. The number of amides is 1. The summed E-state index contributed by atoms with van der Waals surface area (Å²) in [4.78, 5) is 15.8. The molecule has 0 aliphatic rings. The molecule has 0 saturated carbocycles. The Morgan fingerprint density at radius 1 is 0.964 bits per heavy atom. The zero-order valence-corrected chi connectivity index (χ0v) is 16.9. The Morgan fingerprint density at radius 2 is 1.71 bits per heavy atom. The summed E-state index contributed by atoms with van der Waals surface area (Å²) in [7, 11) is 1.76. The highest BCUT2D eigenvalue weighted by Crippen LogP contribution is 2.13. The molecule has 0 aliphatic carbocycles. The van der Waals surface area contributed by atoms with E-state index in [-0.39, 0.29) is 12.5 Å². The number of aryl methyl sites for hydroxylation is 1. The fourth-order valence-electron chi connectivity index (χ4n) is 2.80. The van der Waals surface area contributed by atoms with Gasteiger partial charge in [0.15, 0.2) is 12.6 Å². The molecule has 2 aromatic rings. The SMILES string of the molecule is CCNC(=O)COc1cccc(CNC(=NC)NCc2ccccc2CC)c1. The predicted molar refractivity (Wildman–Crippen MR) is 113 cm³/mol. The van der Waals surface area contributed by atoms with Gasteiger partial charge in [-0.25, -0.2) is 0 Å². The summed E-state index contributed by atoms with van der Waals surface area (Å²) in [5, 5.41) is 9.38. The van der Waals surface area contributed by atoms with Crippen LogP contribution in [-0.4, -0.2) is 32.1 Å². The van der Waals surface area contributed by atoms with E-state index in [0.29, 0.717) is 18.8 Å². The van der Waals surface area contributed by atoms with E-state index in [1.165, 1.54) is 11.1 Å². The van der Waals surface area contributed by atoms with Gasteiger partial charge in [-0.2, -0.15) is 0 Å². The molecule has 2 aromatic carbocycles. The first-order valence-corrected chi connectivity index (χ1v) is 9.66. The summed E-state index contributed by atoms with van der Waals surface area (Å²) >= 11 is 0. The molecule has 2 rings (SSSR count). The maximum atomic E-state index is 11.5. The highest BCUT2D eigenvalue weighted by Gasteiger charge is 2.04. The number of ether oxygens (including phenoxy) is 1. The molecule has 0 unspecified atom stereocenters. The Morgan fingerprint density at radius 3 is 2.43 bits per heavy atom. The van der Waals surface area contributed by atoms with E-state index in [0.717, 1.165) is 24.5 Å². The summed E-state index contributed by atoms with van der Waals surface area (Å²) in [5.74, 6) is 1.29. The largest absolute Gasteiger partial charge is 0.484 e. The molecule has 0 aliphatic heterocycles. The fraction of sp³-hybridized carbons (Fsp3) is 0.364. The minimum atomic E-state index is -0.122. The second-order valence-corrected chi connectivity index (χ2v) is 6.29. The molecular formula is C22H30N4O2. The van der Waals surface area contributed by atoms with Gasteiger partial charge in [-0.15, -0.1) is 0 Å². The number of hydrogen-bond donors (Lipinski definition) is 3. The van der Waals surface area contributed by atoms with Crippen LogP contribution in [0.4, 0.5) is 0 Å².